The number of nitrogens with zero attached hydrogens (tertiary/aromatic N) is 2. The fourth-order valence-electron chi connectivity index (χ4n) is 2.75. The van der Waals surface area contributed by atoms with Crippen molar-refractivity contribution in [1.82, 2.24) is 9.29 Å². The molecule has 2 heterocycles. The Bertz CT molecular complexity index is 742. The van der Waals surface area contributed by atoms with Gasteiger partial charge in [0.2, 0.25) is 10.0 Å². The van der Waals surface area contributed by atoms with E-state index in [2.05, 4.69) is 11.9 Å². The number of benzene rings is 1. The van der Waals surface area contributed by atoms with Crippen molar-refractivity contribution >= 4 is 20.9 Å². The molecule has 0 N–H and O–H groups in total. The average Bonchev–Trinajstić information content (AvgIpc) is 2.79. The number of hydrogen-bond acceptors (Lipinski definition) is 3. The molecule has 0 saturated carbocycles. The van der Waals surface area contributed by atoms with Crippen molar-refractivity contribution < 1.29 is 8.42 Å². The summed E-state index contributed by atoms with van der Waals surface area (Å²) in [5.41, 5.74) is 0.814. The molecule has 1 saturated heterocycles. The van der Waals surface area contributed by atoms with Gasteiger partial charge in [0.15, 0.2) is 0 Å². The Morgan fingerprint density at radius 2 is 2.05 bits per heavy atom. The summed E-state index contributed by atoms with van der Waals surface area (Å²) in [6, 6.07) is 8.90. The second-order valence-corrected chi connectivity index (χ2v) is 7.37. The molecule has 1 aromatic heterocycles. The quantitative estimate of drug-likeness (QED) is 0.854. The predicted octanol–water partition coefficient (Wildman–Crippen LogP) is 2.65. The fourth-order valence-corrected chi connectivity index (χ4v) is 4.53. The van der Waals surface area contributed by atoms with E-state index in [0.29, 0.717) is 17.4 Å². The number of fused-ring (bicyclic) bond motifs is 1. The highest BCUT2D eigenvalue weighted by atomic mass is 32.2. The molecule has 1 fully saturated rings. The molecule has 0 amide bonds. The van der Waals surface area contributed by atoms with E-state index in [1.807, 2.05) is 19.1 Å². The van der Waals surface area contributed by atoms with E-state index in [1.54, 1.807) is 28.7 Å². The average molecular weight is 290 g/mol. The summed E-state index contributed by atoms with van der Waals surface area (Å²) < 4.78 is 27.1. The van der Waals surface area contributed by atoms with E-state index >= 15 is 0 Å². The van der Waals surface area contributed by atoms with Crippen LogP contribution in [0.5, 0.6) is 0 Å². The fraction of sp³-hybridized carbons (Fsp3) is 0.400. The second kappa shape index (κ2) is 4.82. The lowest BCUT2D eigenvalue weighted by molar-refractivity contribution is 0.372. The van der Waals surface area contributed by atoms with Gasteiger partial charge in [-0.15, -0.1) is 0 Å². The maximum Gasteiger partial charge on any atom is 0.243 e. The van der Waals surface area contributed by atoms with E-state index in [0.717, 1.165) is 17.3 Å². The van der Waals surface area contributed by atoms with Crippen LogP contribution in [-0.2, 0) is 10.0 Å². The minimum atomic E-state index is -3.41. The van der Waals surface area contributed by atoms with Gasteiger partial charge < -0.3 is 0 Å². The smallest absolute Gasteiger partial charge is 0.243 e. The van der Waals surface area contributed by atoms with Crippen molar-refractivity contribution in [2.75, 3.05) is 6.54 Å². The first-order valence-corrected chi connectivity index (χ1v) is 8.31. The lowest BCUT2D eigenvalue weighted by Gasteiger charge is -2.22. The van der Waals surface area contributed by atoms with Gasteiger partial charge in [-0.2, -0.15) is 4.31 Å². The number of aromatic nitrogens is 1. The van der Waals surface area contributed by atoms with Gasteiger partial charge in [0, 0.05) is 24.2 Å². The van der Waals surface area contributed by atoms with E-state index in [1.165, 1.54) is 0 Å². The van der Waals surface area contributed by atoms with Gasteiger partial charge in [0.05, 0.1) is 10.4 Å². The first kappa shape index (κ1) is 13.5. The SMILES string of the molecule is CC1CCN(S(=O)(=O)c2ccc3ncccc3c2)C1C. The molecule has 2 atom stereocenters. The molecule has 2 aromatic rings. The topological polar surface area (TPSA) is 50.3 Å². The number of sulfonamides is 1. The molecule has 106 valence electrons. The van der Waals surface area contributed by atoms with E-state index in [-0.39, 0.29) is 6.04 Å². The number of rotatable bonds is 2. The van der Waals surface area contributed by atoms with Crippen LogP contribution in [0.1, 0.15) is 20.3 Å². The third-order valence-corrected chi connectivity index (χ3v) is 6.25. The highest BCUT2D eigenvalue weighted by Gasteiger charge is 2.36. The molecule has 1 aromatic carbocycles. The van der Waals surface area contributed by atoms with Gasteiger partial charge in [-0.05, 0) is 43.5 Å². The summed E-state index contributed by atoms with van der Waals surface area (Å²) >= 11 is 0. The molecular weight excluding hydrogens is 272 g/mol. The minimum Gasteiger partial charge on any atom is -0.256 e. The molecule has 2 unspecified atom stereocenters. The zero-order valence-electron chi connectivity index (χ0n) is 11.7. The summed E-state index contributed by atoms with van der Waals surface area (Å²) in [6.45, 7) is 4.69. The van der Waals surface area contributed by atoms with Crippen LogP contribution >= 0.6 is 0 Å². The second-order valence-electron chi connectivity index (χ2n) is 5.48. The highest BCUT2D eigenvalue weighted by molar-refractivity contribution is 7.89. The summed E-state index contributed by atoms with van der Waals surface area (Å²) in [4.78, 5) is 4.58. The Labute approximate surface area is 119 Å². The predicted molar refractivity (Wildman–Crippen MR) is 78.9 cm³/mol. The molecule has 0 aliphatic carbocycles. The van der Waals surface area contributed by atoms with Crippen molar-refractivity contribution in [1.29, 1.82) is 0 Å². The third kappa shape index (κ3) is 2.11. The number of hydrogen-bond donors (Lipinski definition) is 0. The van der Waals surface area contributed by atoms with Crippen molar-refractivity contribution in [3.8, 4) is 0 Å². The molecule has 0 bridgehead atoms. The standard InChI is InChI=1S/C15H18N2O2S/c1-11-7-9-17(12(11)2)20(18,19)14-5-6-15-13(10-14)4-3-8-16-15/h3-6,8,10-12H,7,9H2,1-2H3. The van der Waals surface area contributed by atoms with Crippen molar-refractivity contribution in [3.05, 3.63) is 36.5 Å². The summed E-state index contributed by atoms with van der Waals surface area (Å²) in [5.74, 6) is 0.409. The van der Waals surface area contributed by atoms with Crippen LogP contribution in [0.4, 0.5) is 0 Å². The minimum absolute atomic E-state index is 0.0598. The van der Waals surface area contributed by atoms with Crippen molar-refractivity contribution in [2.45, 2.75) is 31.2 Å². The van der Waals surface area contributed by atoms with Crippen LogP contribution in [0, 0.1) is 5.92 Å². The normalized spacial score (nSPS) is 24.3. The summed E-state index contributed by atoms with van der Waals surface area (Å²) in [5, 5.41) is 0.855. The van der Waals surface area contributed by atoms with Gasteiger partial charge in [-0.3, -0.25) is 4.98 Å². The lowest BCUT2D eigenvalue weighted by Crippen LogP contribution is -2.35. The maximum atomic E-state index is 12.7. The summed E-state index contributed by atoms with van der Waals surface area (Å²) in [7, 11) is -3.41. The molecule has 1 aliphatic heterocycles. The van der Waals surface area contributed by atoms with Crippen molar-refractivity contribution in [3.63, 3.8) is 0 Å². The molecule has 20 heavy (non-hydrogen) atoms. The Morgan fingerprint density at radius 3 is 2.75 bits per heavy atom. The van der Waals surface area contributed by atoms with Gasteiger partial charge >= 0.3 is 0 Å². The zero-order valence-corrected chi connectivity index (χ0v) is 12.5. The van der Waals surface area contributed by atoms with Crippen LogP contribution in [0.2, 0.25) is 0 Å². The number of pyridine rings is 1. The van der Waals surface area contributed by atoms with Crippen LogP contribution in [0.15, 0.2) is 41.4 Å². The molecule has 5 heteroatoms. The summed E-state index contributed by atoms with van der Waals surface area (Å²) in [6.07, 6.45) is 2.64. The Kier molecular flexibility index (Phi) is 3.26. The maximum absolute atomic E-state index is 12.7. The Morgan fingerprint density at radius 1 is 1.25 bits per heavy atom. The van der Waals surface area contributed by atoms with E-state index < -0.39 is 10.0 Å². The molecule has 3 rings (SSSR count). The van der Waals surface area contributed by atoms with Crippen LogP contribution in [0.3, 0.4) is 0 Å². The molecule has 4 nitrogen and oxygen atoms in total. The van der Waals surface area contributed by atoms with Gasteiger partial charge in [-0.25, -0.2) is 8.42 Å². The molecule has 0 radical (unpaired) electrons. The van der Waals surface area contributed by atoms with Gasteiger partial charge in [0.25, 0.3) is 0 Å². The van der Waals surface area contributed by atoms with Gasteiger partial charge in [-0.1, -0.05) is 13.0 Å². The highest BCUT2D eigenvalue weighted by Crippen LogP contribution is 2.30. The van der Waals surface area contributed by atoms with E-state index in [4.69, 9.17) is 0 Å². The largest absolute Gasteiger partial charge is 0.256 e. The molecule has 1 aliphatic rings. The third-order valence-electron chi connectivity index (χ3n) is 4.26. The molecule has 0 spiro atoms. The van der Waals surface area contributed by atoms with Crippen LogP contribution in [-0.4, -0.2) is 30.3 Å². The zero-order chi connectivity index (χ0) is 14.3. The first-order chi connectivity index (χ1) is 9.50. The Hall–Kier alpha value is -1.46. The first-order valence-electron chi connectivity index (χ1n) is 6.87. The van der Waals surface area contributed by atoms with E-state index in [9.17, 15) is 8.42 Å². The Balaban J connectivity index is 2.05. The monoisotopic (exact) mass is 290 g/mol. The lowest BCUT2D eigenvalue weighted by atomic mass is 10.1. The van der Waals surface area contributed by atoms with Crippen LogP contribution < -0.4 is 0 Å². The molecular formula is C15H18N2O2S. The van der Waals surface area contributed by atoms with Crippen molar-refractivity contribution in [2.24, 2.45) is 5.92 Å². The van der Waals surface area contributed by atoms with Gasteiger partial charge in [0.1, 0.15) is 0 Å². The van der Waals surface area contributed by atoms with Crippen LogP contribution in [0.25, 0.3) is 10.9 Å².